The van der Waals surface area contributed by atoms with Gasteiger partial charge in [0.15, 0.2) is 10.4 Å². The first-order valence-corrected chi connectivity index (χ1v) is 11.2. The second-order valence-electron chi connectivity index (χ2n) is 6.09. The van der Waals surface area contributed by atoms with Crippen molar-refractivity contribution in [3.63, 3.8) is 0 Å². The number of carbonyl (C=O) groups excluding carboxylic acids is 1. The number of amides is 1. The number of aliphatic carboxylic acids is 1. The van der Waals surface area contributed by atoms with E-state index >= 15 is 0 Å². The highest BCUT2D eigenvalue weighted by atomic mass is 32.2. The number of thioether (sulfide) groups is 1. The fourth-order valence-electron chi connectivity index (χ4n) is 2.37. The molecule has 1 saturated heterocycles. The van der Waals surface area contributed by atoms with Gasteiger partial charge in [-0.3, -0.25) is 4.79 Å². The third-order valence-corrected chi connectivity index (χ3v) is 6.52. The third kappa shape index (κ3) is 5.05. The van der Waals surface area contributed by atoms with Gasteiger partial charge in [0.2, 0.25) is 0 Å². The van der Waals surface area contributed by atoms with Crippen LogP contribution in [0.4, 0.5) is 0 Å². The van der Waals surface area contributed by atoms with Gasteiger partial charge in [-0.1, -0.05) is 54.3 Å². The largest absolute Gasteiger partial charge is 0.479 e. The van der Waals surface area contributed by atoms with Crippen LogP contribution in [0, 0.1) is 0 Å². The summed E-state index contributed by atoms with van der Waals surface area (Å²) < 4.78 is 30.2. The lowest BCUT2D eigenvalue weighted by molar-refractivity contribution is -0.144. The Labute approximate surface area is 182 Å². The second kappa shape index (κ2) is 8.96. The lowest BCUT2D eigenvalue weighted by Crippen LogP contribution is -2.44. The molecule has 2 aromatic rings. The molecule has 0 saturated carbocycles. The van der Waals surface area contributed by atoms with Crippen LogP contribution in [0.1, 0.15) is 12.5 Å². The summed E-state index contributed by atoms with van der Waals surface area (Å²) >= 11 is 6.11. The van der Waals surface area contributed by atoms with Gasteiger partial charge in [0.1, 0.15) is 5.75 Å². The molecule has 1 aliphatic heterocycles. The van der Waals surface area contributed by atoms with Crippen LogP contribution in [-0.4, -0.2) is 40.8 Å². The quantitative estimate of drug-likeness (QED) is 0.475. The number of ether oxygens (including phenoxy) is 1. The van der Waals surface area contributed by atoms with Crippen molar-refractivity contribution in [3.05, 3.63) is 65.1 Å². The average molecular weight is 465 g/mol. The van der Waals surface area contributed by atoms with E-state index in [0.717, 1.165) is 16.8 Å². The van der Waals surface area contributed by atoms with Gasteiger partial charge in [0, 0.05) is 0 Å². The lowest BCUT2D eigenvalue weighted by Gasteiger charge is -2.15. The number of nitrogens with zero attached hydrogens (tertiary/aromatic N) is 1. The molecule has 0 spiro atoms. The maximum atomic E-state index is 12.6. The summed E-state index contributed by atoms with van der Waals surface area (Å²) in [5.41, 5.74) is 0.636. The second-order valence-corrected chi connectivity index (χ2v) is 9.43. The number of hydrogen-bond acceptors (Lipinski definition) is 7. The molecule has 30 heavy (non-hydrogen) atoms. The van der Waals surface area contributed by atoms with Crippen LogP contribution in [0.3, 0.4) is 0 Å². The van der Waals surface area contributed by atoms with Gasteiger partial charge in [-0.25, -0.2) is 18.2 Å². The van der Waals surface area contributed by atoms with Crippen molar-refractivity contribution >= 4 is 56.3 Å². The number of nitrogens with one attached hydrogen (secondary N) is 1. The number of benzene rings is 2. The van der Waals surface area contributed by atoms with Crippen molar-refractivity contribution < 1.29 is 27.9 Å². The molecule has 1 atom stereocenters. The van der Waals surface area contributed by atoms with E-state index < -0.39 is 28.0 Å². The molecule has 0 aliphatic carbocycles. The Kier molecular flexibility index (Phi) is 6.56. The van der Waals surface area contributed by atoms with Crippen molar-refractivity contribution in [1.29, 1.82) is 0 Å². The fraction of sp³-hybridized carbons (Fsp3) is 0.105. The Morgan fingerprint density at radius 3 is 2.43 bits per heavy atom. The van der Waals surface area contributed by atoms with Gasteiger partial charge in [-0.2, -0.15) is 0 Å². The highest BCUT2D eigenvalue weighted by Gasteiger charge is 2.35. The molecule has 156 valence electrons. The van der Waals surface area contributed by atoms with Gasteiger partial charge < -0.3 is 9.84 Å². The van der Waals surface area contributed by atoms with E-state index in [9.17, 15) is 18.0 Å². The molecule has 1 fully saturated rings. The maximum absolute atomic E-state index is 12.6. The Balaban J connectivity index is 1.74. The highest BCUT2D eigenvalue weighted by molar-refractivity contribution is 8.26. The number of carboxylic acid groups (broad SMARTS) is 1. The lowest BCUT2D eigenvalue weighted by atomic mass is 10.2. The van der Waals surface area contributed by atoms with E-state index in [-0.39, 0.29) is 14.1 Å². The molecular formula is C19H16N2O6S3. The first-order chi connectivity index (χ1) is 14.2. The topological polar surface area (TPSA) is 113 Å². The minimum atomic E-state index is -3.97. The number of thiocarbonyl (C=S) groups is 1. The first kappa shape index (κ1) is 22.0. The number of rotatable bonds is 7. The summed E-state index contributed by atoms with van der Waals surface area (Å²) in [5.74, 6) is -1.31. The van der Waals surface area contributed by atoms with Crippen LogP contribution in [0.5, 0.6) is 5.75 Å². The number of hydrazine groups is 1. The number of carbonyl (C=O) groups is 2. The van der Waals surface area contributed by atoms with E-state index in [2.05, 4.69) is 4.83 Å². The molecule has 1 unspecified atom stereocenters. The van der Waals surface area contributed by atoms with E-state index in [1.54, 1.807) is 48.5 Å². The van der Waals surface area contributed by atoms with Crippen LogP contribution < -0.4 is 9.57 Å². The zero-order valence-electron chi connectivity index (χ0n) is 15.5. The predicted octanol–water partition coefficient (Wildman–Crippen LogP) is 2.63. The van der Waals surface area contributed by atoms with Crippen LogP contribution in [-0.2, 0) is 19.6 Å². The van der Waals surface area contributed by atoms with Crippen LogP contribution >= 0.6 is 24.0 Å². The fourth-order valence-corrected chi connectivity index (χ4v) is 4.70. The number of sulfonamides is 1. The van der Waals surface area contributed by atoms with Crippen molar-refractivity contribution in [2.75, 3.05) is 0 Å². The molecule has 0 radical (unpaired) electrons. The summed E-state index contributed by atoms with van der Waals surface area (Å²) in [6.45, 7) is 1.41. The predicted molar refractivity (Wildman–Crippen MR) is 116 cm³/mol. The maximum Gasteiger partial charge on any atom is 0.344 e. The molecule has 2 aromatic carbocycles. The Morgan fingerprint density at radius 1 is 1.20 bits per heavy atom. The molecule has 0 bridgehead atoms. The molecule has 8 nitrogen and oxygen atoms in total. The molecule has 3 rings (SSSR count). The van der Waals surface area contributed by atoms with Crippen molar-refractivity contribution in [1.82, 2.24) is 9.84 Å². The summed E-state index contributed by atoms with van der Waals surface area (Å²) in [6.07, 6.45) is 0.560. The molecule has 1 aliphatic rings. The summed E-state index contributed by atoms with van der Waals surface area (Å²) in [6, 6.07) is 14.1. The Morgan fingerprint density at radius 2 is 1.83 bits per heavy atom. The van der Waals surface area contributed by atoms with Crippen LogP contribution in [0.15, 0.2) is 64.4 Å². The molecule has 1 heterocycles. The third-order valence-electron chi connectivity index (χ3n) is 3.90. The van der Waals surface area contributed by atoms with Crippen molar-refractivity contribution in [2.45, 2.75) is 17.9 Å². The van der Waals surface area contributed by atoms with E-state index in [1.807, 2.05) is 0 Å². The van der Waals surface area contributed by atoms with Crippen LogP contribution in [0.25, 0.3) is 6.08 Å². The van der Waals surface area contributed by atoms with Crippen molar-refractivity contribution in [3.8, 4) is 5.75 Å². The van der Waals surface area contributed by atoms with Gasteiger partial charge in [0.25, 0.3) is 15.9 Å². The molecule has 2 N–H and O–H groups in total. The number of hydrogen-bond donors (Lipinski definition) is 2. The van der Waals surface area contributed by atoms with Gasteiger partial charge in [-0.15, -0.1) is 4.83 Å². The monoisotopic (exact) mass is 464 g/mol. The Bertz CT molecular complexity index is 1110. The van der Waals surface area contributed by atoms with Gasteiger partial charge in [-0.05, 0) is 42.8 Å². The smallest absolute Gasteiger partial charge is 0.344 e. The SMILES string of the molecule is CC(Oc1ccc(/C=C2/SC(=S)N(NS(=O)(=O)c3ccccc3)C2=O)cc1)C(=O)O. The molecular weight excluding hydrogens is 448 g/mol. The minimum absolute atomic E-state index is 0.00853. The van der Waals surface area contributed by atoms with Gasteiger partial charge >= 0.3 is 5.97 Å². The Hall–Kier alpha value is -2.73. The average Bonchev–Trinajstić information content (AvgIpc) is 2.97. The van der Waals surface area contributed by atoms with E-state index in [4.69, 9.17) is 22.1 Å². The summed E-state index contributed by atoms with van der Waals surface area (Å²) in [4.78, 5) is 26.0. The minimum Gasteiger partial charge on any atom is -0.479 e. The zero-order valence-corrected chi connectivity index (χ0v) is 18.0. The van der Waals surface area contributed by atoms with E-state index in [0.29, 0.717) is 11.3 Å². The summed E-state index contributed by atoms with van der Waals surface area (Å²) in [5, 5.41) is 9.70. The van der Waals surface area contributed by atoms with E-state index in [1.165, 1.54) is 19.1 Å². The molecule has 0 aromatic heterocycles. The highest BCUT2D eigenvalue weighted by Crippen LogP contribution is 2.32. The first-order valence-electron chi connectivity index (χ1n) is 8.52. The molecule has 11 heteroatoms. The van der Waals surface area contributed by atoms with Crippen LogP contribution in [0.2, 0.25) is 0 Å². The van der Waals surface area contributed by atoms with Gasteiger partial charge in [0.05, 0.1) is 9.80 Å². The number of carboxylic acids is 1. The standard InChI is InChI=1S/C19H16N2O6S3/c1-12(18(23)24)27-14-9-7-13(8-10-14)11-16-17(22)21(19(28)29-16)20-30(25,26)15-5-3-2-4-6-15/h2-12,20H,1H3,(H,23,24)/b16-11+. The molecule has 1 amide bonds. The normalized spacial score (nSPS) is 16.7. The summed E-state index contributed by atoms with van der Waals surface area (Å²) in [7, 11) is -3.97. The zero-order chi connectivity index (χ0) is 21.9. The van der Waals surface area contributed by atoms with Crippen molar-refractivity contribution in [2.24, 2.45) is 0 Å².